The van der Waals surface area contributed by atoms with Gasteiger partial charge in [-0.1, -0.05) is 11.8 Å². The first-order chi connectivity index (χ1) is 9.41. The van der Waals surface area contributed by atoms with Crippen LogP contribution in [0.4, 0.5) is 0 Å². The van der Waals surface area contributed by atoms with Crippen LogP contribution >= 0.6 is 11.8 Å². The average molecular weight is 297 g/mol. The van der Waals surface area contributed by atoms with Crippen LogP contribution in [0.15, 0.2) is 5.16 Å². The number of likely N-dealkylation sites (tertiary alicyclic amines) is 1. The van der Waals surface area contributed by atoms with Crippen molar-refractivity contribution in [2.45, 2.75) is 69.4 Å². The Hall–Kier alpha value is -1.24. The highest BCUT2D eigenvalue weighted by Gasteiger charge is 2.32. The van der Waals surface area contributed by atoms with E-state index in [1.165, 1.54) is 22.9 Å². The van der Waals surface area contributed by atoms with Crippen molar-refractivity contribution in [2.24, 2.45) is 0 Å². The molecule has 0 spiro atoms. The van der Waals surface area contributed by atoms with E-state index in [-0.39, 0.29) is 11.2 Å². The summed E-state index contributed by atoms with van der Waals surface area (Å²) in [5.74, 6) is 6.64. The van der Waals surface area contributed by atoms with Crippen LogP contribution in [0.2, 0.25) is 0 Å². The third-order valence-corrected chi connectivity index (χ3v) is 4.96. The number of hydrogen-bond donors (Lipinski definition) is 1. The molecular formula is C13H23N5OS. The lowest BCUT2D eigenvalue weighted by Crippen LogP contribution is -2.50. The predicted molar refractivity (Wildman–Crippen MR) is 79.8 cm³/mol. The zero-order valence-electron chi connectivity index (χ0n) is 12.5. The highest BCUT2D eigenvalue weighted by atomic mass is 32.2. The molecule has 1 aromatic rings. The van der Waals surface area contributed by atoms with E-state index in [2.05, 4.69) is 24.0 Å². The zero-order chi connectivity index (χ0) is 14.9. The maximum absolute atomic E-state index is 12.6. The number of thioether (sulfide) groups is 1. The SMILES string of the molecule is Cc1nnc(S[C@H](C)C(=O)N2[C@@H](C)CCC[C@@H]2C)n1N. The summed E-state index contributed by atoms with van der Waals surface area (Å²) in [5.41, 5.74) is 0. The van der Waals surface area contributed by atoms with Crippen molar-refractivity contribution < 1.29 is 4.79 Å². The number of nitrogens with two attached hydrogens (primary N) is 1. The lowest BCUT2D eigenvalue weighted by atomic mass is 9.97. The summed E-state index contributed by atoms with van der Waals surface area (Å²) in [6.07, 6.45) is 3.36. The number of carbonyl (C=O) groups is 1. The standard InChI is InChI=1S/C13H23N5OS/c1-8-6-5-7-9(2)17(8)12(19)10(3)20-13-16-15-11(4)18(13)14/h8-10H,5-7,14H2,1-4H3/t8-,9-,10+/m0/s1. The molecule has 6 nitrogen and oxygen atoms in total. The first kappa shape index (κ1) is 15.2. The molecule has 20 heavy (non-hydrogen) atoms. The normalized spacial score (nSPS) is 24.7. The summed E-state index contributed by atoms with van der Waals surface area (Å²) in [7, 11) is 0. The zero-order valence-corrected chi connectivity index (χ0v) is 13.4. The summed E-state index contributed by atoms with van der Waals surface area (Å²) >= 11 is 1.37. The minimum Gasteiger partial charge on any atom is -0.336 e. The molecule has 2 rings (SSSR count). The average Bonchev–Trinajstić information content (AvgIpc) is 2.70. The lowest BCUT2D eigenvalue weighted by molar-refractivity contribution is -0.136. The molecule has 0 radical (unpaired) electrons. The van der Waals surface area contributed by atoms with Crippen molar-refractivity contribution >= 4 is 17.7 Å². The first-order valence-corrected chi connectivity index (χ1v) is 7.95. The Balaban J connectivity index is 2.06. The first-order valence-electron chi connectivity index (χ1n) is 7.07. The summed E-state index contributed by atoms with van der Waals surface area (Å²) in [6, 6.07) is 0.624. The van der Waals surface area contributed by atoms with Gasteiger partial charge in [0.25, 0.3) is 0 Å². The second-order valence-corrected chi connectivity index (χ2v) is 6.84. The smallest absolute Gasteiger partial charge is 0.236 e. The van der Waals surface area contributed by atoms with Crippen LogP contribution in [-0.2, 0) is 4.79 Å². The minimum atomic E-state index is -0.205. The molecule has 112 valence electrons. The second kappa shape index (κ2) is 6.03. The Morgan fingerprint density at radius 3 is 2.45 bits per heavy atom. The largest absolute Gasteiger partial charge is 0.336 e. The van der Waals surface area contributed by atoms with Gasteiger partial charge in [-0.05, 0) is 47.0 Å². The molecular weight excluding hydrogens is 274 g/mol. The van der Waals surface area contributed by atoms with E-state index in [4.69, 9.17) is 5.84 Å². The topological polar surface area (TPSA) is 77.0 Å². The number of nitrogens with zero attached hydrogens (tertiary/aromatic N) is 4. The third-order valence-electron chi connectivity index (χ3n) is 3.91. The van der Waals surface area contributed by atoms with Crippen molar-refractivity contribution in [1.29, 1.82) is 0 Å². The fourth-order valence-electron chi connectivity index (χ4n) is 2.70. The van der Waals surface area contributed by atoms with Gasteiger partial charge in [0.05, 0.1) is 5.25 Å². The molecule has 2 N–H and O–H groups in total. The summed E-state index contributed by atoms with van der Waals surface area (Å²) in [6.45, 7) is 7.95. The number of rotatable bonds is 3. The Bertz CT molecular complexity index is 479. The van der Waals surface area contributed by atoms with Gasteiger partial charge in [0.15, 0.2) is 0 Å². The number of nitrogen functional groups attached to an aromatic ring is 1. The van der Waals surface area contributed by atoms with Crippen molar-refractivity contribution in [2.75, 3.05) is 5.84 Å². The van der Waals surface area contributed by atoms with Gasteiger partial charge in [-0.25, -0.2) is 4.68 Å². The van der Waals surface area contributed by atoms with Gasteiger partial charge in [-0.3, -0.25) is 4.79 Å². The molecule has 0 aromatic carbocycles. The molecule has 1 aliphatic heterocycles. The monoisotopic (exact) mass is 297 g/mol. The van der Waals surface area contributed by atoms with E-state index in [1.54, 1.807) is 6.92 Å². The van der Waals surface area contributed by atoms with E-state index in [0.29, 0.717) is 23.1 Å². The van der Waals surface area contributed by atoms with Gasteiger partial charge < -0.3 is 10.7 Å². The predicted octanol–water partition coefficient (Wildman–Crippen LogP) is 1.57. The van der Waals surface area contributed by atoms with Crippen molar-refractivity contribution in [3.63, 3.8) is 0 Å². The molecule has 1 aliphatic rings. The van der Waals surface area contributed by atoms with Crippen LogP contribution in [0.25, 0.3) is 0 Å². The summed E-state index contributed by atoms with van der Waals surface area (Å²) in [4.78, 5) is 14.7. The van der Waals surface area contributed by atoms with E-state index in [1.807, 2.05) is 11.8 Å². The fourth-order valence-corrected chi connectivity index (χ4v) is 3.58. The molecule has 1 fully saturated rings. The molecule has 2 heterocycles. The molecule has 1 amide bonds. The number of aryl methyl sites for hydroxylation is 1. The van der Waals surface area contributed by atoms with Crippen LogP contribution in [-0.4, -0.2) is 43.0 Å². The molecule has 0 aliphatic carbocycles. The molecule has 0 unspecified atom stereocenters. The number of piperidine rings is 1. The Morgan fingerprint density at radius 2 is 1.95 bits per heavy atom. The third kappa shape index (κ3) is 2.92. The number of aromatic nitrogens is 3. The van der Waals surface area contributed by atoms with E-state index >= 15 is 0 Å². The molecule has 3 atom stereocenters. The number of carbonyl (C=O) groups excluding carboxylic acids is 1. The van der Waals surface area contributed by atoms with Crippen molar-refractivity contribution in [3.05, 3.63) is 5.82 Å². The highest BCUT2D eigenvalue weighted by molar-refractivity contribution is 8.00. The minimum absolute atomic E-state index is 0.162. The second-order valence-electron chi connectivity index (χ2n) is 5.53. The van der Waals surface area contributed by atoms with Gasteiger partial charge in [-0.2, -0.15) is 0 Å². The van der Waals surface area contributed by atoms with Crippen LogP contribution < -0.4 is 5.84 Å². The van der Waals surface area contributed by atoms with Gasteiger partial charge >= 0.3 is 0 Å². The molecule has 0 bridgehead atoms. The van der Waals surface area contributed by atoms with Gasteiger partial charge in [0.2, 0.25) is 11.1 Å². The van der Waals surface area contributed by atoms with E-state index < -0.39 is 0 Å². The Kier molecular flexibility index (Phi) is 4.57. The molecule has 1 saturated heterocycles. The molecule has 0 saturated carbocycles. The highest BCUT2D eigenvalue weighted by Crippen LogP contribution is 2.28. The van der Waals surface area contributed by atoms with Crippen LogP contribution in [0.1, 0.15) is 45.9 Å². The summed E-state index contributed by atoms with van der Waals surface area (Å²) in [5, 5.41) is 8.29. The maximum Gasteiger partial charge on any atom is 0.236 e. The Labute approximate surface area is 124 Å². The van der Waals surface area contributed by atoms with Crippen LogP contribution in [0.3, 0.4) is 0 Å². The van der Waals surface area contributed by atoms with Gasteiger partial charge in [0.1, 0.15) is 5.82 Å². The molecule has 1 aromatic heterocycles. The molecule has 7 heteroatoms. The van der Waals surface area contributed by atoms with Crippen molar-refractivity contribution in [3.8, 4) is 0 Å². The van der Waals surface area contributed by atoms with Gasteiger partial charge in [0, 0.05) is 12.1 Å². The summed E-state index contributed by atoms with van der Waals surface area (Å²) < 4.78 is 1.43. The fraction of sp³-hybridized carbons (Fsp3) is 0.769. The maximum atomic E-state index is 12.6. The van der Waals surface area contributed by atoms with Gasteiger partial charge in [-0.15, -0.1) is 10.2 Å². The number of hydrogen-bond acceptors (Lipinski definition) is 5. The quantitative estimate of drug-likeness (QED) is 0.677. The van der Waals surface area contributed by atoms with E-state index in [9.17, 15) is 4.79 Å². The number of amides is 1. The lowest BCUT2D eigenvalue weighted by Gasteiger charge is -2.40. The Morgan fingerprint density at radius 1 is 1.35 bits per heavy atom. The van der Waals surface area contributed by atoms with E-state index in [0.717, 1.165) is 12.8 Å². The van der Waals surface area contributed by atoms with Crippen LogP contribution in [0, 0.1) is 6.92 Å². The van der Waals surface area contributed by atoms with Crippen LogP contribution in [0.5, 0.6) is 0 Å². The van der Waals surface area contributed by atoms with Crippen molar-refractivity contribution in [1.82, 2.24) is 19.8 Å².